The quantitative estimate of drug-likeness (QED) is 0.335. The number of aliphatic imine (C=N–C) groups is 1. The first kappa shape index (κ1) is 18.8. The summed E-state index contributed by atoms with van der Waals surface area (Å²) in [5.41, 5.74) is 7.43. The van der Waals surface area contributed by atoms with E-state index in [1.165, 1.54) is 0 Å². The fraction of sp³-hybridized carbons (Fsp3) is 0.0385. The second-order valence-corrected chi connectivity index (χ2v) is 7.92. The standard InChI is InChI=1S/C26H17ClN4O/c27-22-10-3-1-6-18(22)15-32-19-8-5-7-17(14-19)24-21-12-13-31-26(21)25(28-16-29-31)20-9-2-4-11-23(20)30-24/h1-14,16H,15H2. The Hall–Kier alpha value is -3.96. The van der Waals surface area contributed by atoms with E-state index in [4.69, 9.17) is 21.3 Å². The molecule has 5 nitrogen and oxygen atoms in total. The van der Waals surface area contributed by atoms with E-state index in [1.807, 2.05) is 89.6 Å². The van der Waals surface area contributed by atoms with Crippen molar-refractivity contribution in [2.24, 2.45) is 4.99 Å². The van der Waals surface area contributed by atoms with Crippen LogP contribution in [0.2, 0.25) is 5.02 Å². The van der Waals surface area contributed by atoms with E-state index < -0.39 is 0 Å². The minimum atomic E-state index is 0.394. The maximum Gasteiger partial charge on any atom is 0.137 e. The van der Waals surface area contributed by atoms with Gasteiger partial charge in [-0.3, -0.25) is 0 Å². The van der Waals surface area contributed by atoms with Crippen LogP contribution in [0.25, 0.3) is 16.8 Å². The summed E-state index contributed by atoms with van der Waals surface area (Å²) in [5, 5.41) is 5.08. The Morgan fingerprint density at radius 2 is 1.75 bits per heavy atom. The molecule has 154 valence electrons. The molecule has 0 unspecified atom stereocenters. The molecule has 0 fully saturated rings. The minimum absolute atomic E-state index is 0.394. The van der Waals surface area contributed by atoms with Crippen molar-refractivity contribution in [3.8, 4) is 17.0 Å². The van der Waals surface area contributed by atoms with Gasteiger partial charge in [0.1, 0.15) is 29.9 Å². The molecule has 5 aromatic rings. The summed E-state index contributed by atoms with van der Waals surface area (Å²) < 4.78 is 7.91. The molecule has 2 aromatic heterocycles. The summed E-state index contributed by atoms with van der Waals surface area (Å²) in [6.45, 7) is 0.394. The van der Waals surface area contributed by atoms with Gasteiger partial charge in [0.25, 0.3) is 0 Å². The molecule has 0 saturated heterocycles. The smallest absolute Gasteiger partial charge is 0.137 e. The number of hydrogen-bond acceptors (Lipinski definition) is 4. The molecule has 0 spiro atoms. The SMILES string of the molecule is Clc1ccccc1COc1cccc(C2=Nc3ccccc3-c3ncnn4ccc2c34)c1. The van der Waals surface area contributed by atoms with E-state index >= 15 is 0 Å². The van der Waals surface area contributed by atoms with Crippen molar-refractivity contribution < 1.29 is 4.74 Å². The monoisotopic (exact) mass is 436 g/mol. The molecular weight excluding hydrogens is 420 g/mol. The Balaban J connectivity index is 1.45. The number of halogens is 1. The van der Waals surface area contributed by atoms with Crippen molar-refractivity contribution in [3.63, 3.8) is 0 Å². The van der Waals surface area contributed by atoms with Crippen molar-refractivity contribution in [2.75, 3.05) is 0 Å². The zero-order valence-corrected chi connectivity index (χ0v) is 17.7. The number of benzene rings is 3. The van der Waals surface area contributed by atoms with Gasteiger partial charge in [-0.1, -0.05) is 60.1 Å². The predicted molar refractivity (Wildman–Crippen MR) is 126 cm³/mol. The van der Waals surface area contributed by atoms with Crippen LogP contribution in [0.5, 0.6) is 5.75 Å². The van der Waals surface area contributed by atoms with Crippen LogP contribution in [0, 0.1) is 0 Å². The van der Waals surface area contributed by atoms with Crippen LogP contribution < -0.4 is 4.74 Å². The number of nitrogens with zero attached hydrogens (tertiary/aromatic N) is 4. The third kappa shape index (κ3) is 3.15. The Kier molecular flexibility index (Phi) is 4.47. The maximum atomic E-state index is 6.28. The van der Waals surface area contributed by atoms with E-state index in [9.17, 15) is 0 Å². The lowest BCUT2D eigenvalue weighted by atomic mass is 10.0. The van der Waals surface area contributed by atoms with E-state index in [0.29, 0.717) is 11.6 Å². The molecule has 1 aliphatic rings. The van der Waals surface area contributed by atoms with Gasteiger partial charge in [-0.25, -0.2) is 14.5 Å². The van der Waals surface area contributed by atoms with Gasteiger partial charge in [-0.2, -0.15) is 5.10 Å². The third-order valence-electron chi connectivity index (χ3n) is 5.56. The van der Waals surface area contributed by atoms with Crippen LogP contribution in [0.1, 0.15) is 16.7 Å². The molecule has 0 amide bonds. The van der Waals surface area contributed by atoms with Gasteiger partial charge < -0.3 is 4.74 Å². The first-order valence-electron chi connectivity index (χ1n) is 10.3. The average molecular weight is 437 g/mol. The Labute approximate surface area is 189 Å². The second-order valence-electron chi connectivity index (χ2n) is 7.52. The summed E-state index contributed by atoms with van der Waals surface area (Å²) >= 11 is 6.28. The topological polar surface area (TPSA) is 51.8 Å². The molecule has 6 rings (SSSR count). The molecule has 3 heterocycles. The molecule has 1 aliphatic heterocycles. The van der Waals surface area contributed by atoms with Crippen molar-refractivity contribution in [1.29, 1.82) is 0 Å². The van der Waals surface area contributed by atoms with Gasteiger partial charge >= 0.3 is 0 Å². The summed E-state index contributed by atoms with van der Waals surface area (Å²) in [7, 11) is 0. The van der Waals surface area contributed by atoms with Crippen molar-refractivity contribution in [3.05, 3.63) is 113 Å². The molecule has 6 heteroatoms. The van der Waals surface area contributed by atoms with E-state index in [1.54, 1.807) is 6.33 Å². The largest absolute Gasteiger partial charge is 0.489 e. The number of para-hydroxylation sites is 1. The Morgan fingerprint density at radius 1 is 0.875 bits per heavy atom. The normalized spacial score (nSPS) is 12.2. The minimum Gasteiger partial charge on any atom is -0.489 e. The van der Waals surface area contributed by atoms with Crippen molar-refractivity contribution >= 4 is 28.5 Å². The summed E-state index contributed by atoms with van der Waals surface area (Å²) in [6.07, 6.45) is 3.52. The van der Waals surface area contributed by atoms with E-state index in [-0.39, 0.29) is 0 Å². The number of ether oxygens (including phenoxy) is 1. The van der Waals surface area contributed by atoms with Gasteiger partial charge in [0.2, 0.25) is 0 Å². The van der Waals surface area contributed by atoms with Crippen LogP contribution in [0.3, 0.4) is 0 Å². The molecule has 0 N–H and O–H groups in total. The highest BCUT2D eigenvalue weighted by Crippen LogP contribution is 2.37. The molecule has 0 saturated carbocycles. The van der Waals surface area contributed by atoms with Crippen molar-refractivity contribution in [2.45, 2.75) is 6.61 Å². The average Bonchev–Trinajstić information content (AvgIpc) is 3.20. The van der Waals surface area contributed by atoms with Crippen LogP contribution in [-0.2, 0) is 6.61 Å². The fourth-order valence-corrected chi connectivity index (χ4v) is 4.21. The molecule has 0 radical (unpaired) electrons. The number of aromatic nitrogens is 3. The first-order valence-corrected chi connectivity index (χ1v) is 10.6. The molecule has 0 atom stereocenters. The second kappa shape index (κ2) is 7.62. The van der Waals surface area contributed by atoms with Crippen LogP contribution in [0.4, 0.5) is 5.69 Å². The van der Waals surface area contributed by atoms with Gasteiger partial charge in [0, 0.05) is 33.5 Å². The Bertz CT molecular complexity index is 1510. The lowest BCUT2D eigenvalue weighted by molar-refractivity contribution is 0.306. The third-order valence-corrected chi connectivity index (χ3v) is 5.93. The molecule has 0 aliphatic carbocycles. The van der Waals surface area contributed by atoms with Gasteiger partial charge in [0.15, 0.2) is 0 Å². The molecular formula is C26H17ClN4O. The van der Waals surface area contributed by atoms with Crippen LogP contribution in [-0.4, -0.2) is 20.3 Å². The predicted octanol–water partition coefficient (Wildman–Crippen LogP) is 6.11. The van der Waals surface area contributed by atoms with E-state index in [0.717, 1.165) is 50.6 Å². The van der Waals surface area contributed by atoms with Gasteiger partial charge in [-0.15, -0.1) is 0 Å². The van der Waals surface area contributed by atoms with Gasteiger partial charge in [-0.05, 0) is 30.3 Å². The number of rotatable bonds is 4. The number of fused-ring (bicyclic) bond motifs is 2. The van der Waals surface area contributed by atoms with E-state index in [2.05, 4.69) is 10.1 Å². The van der Waals surface area contributed by atoms with Crippen LogP contribution >= 0.6 is 11.6 Å². The van der Waals surface area contributed by atoms with Gasteiger partial charge in [0.05, 0.1) is 11.4 Å². The summed E-state index contributed by atoms with van der Waals surface area (Å²) in [5.74, 6) is 0.752. The fourth-order valence-electron chi connectivity index (χ4n) is 4.02. The lowest BCUT2D eigenvalue weighted by Crippen LogP contribution is -2.04. The highest BCUT2D eigenvalue weighted by molar-refractivity contribution is 6.31. The highest BCUT2D eigenvalue weighted by Gasteiger charge is 2.22. The summed E-state index contributed by atoms with van der Waals surface area (Å²) in [4.78, 5) is 9.64. The lowest BCUT2D eigenvalue weighted by Gasteiger charge is -2.10. The zero-order valence-electron chi connectivity index (χ0n) is 16.9. The zero-order chi connectivity index (χ0) is 21.5. The highest BCUT2D eigenvalue weighted by atomic mass is 35.5. The first-order chi connectivity index (χ1) is 15.8. The molecule has 0 bridgehead atoms. The van der Waals surface area contributed by atoms with Crippen LogP contribution in [0.15, 0.2) is 96.4 Å². The van der Waals surface area contributed by atoms with Crippen molar-refractivity contribution in [1.82, 2.24) is 14.6 Å². The maximum absolute atomic E-state index is 6.28. The Morgan fingerprint density at radius 3 is 2.69 bits per heavy atom. The number of hydrogen-bond donors (Lipinski definition) is 0. The summed E-state index contributed by atoms with van der Waals surface area (Å²) in [6, 6.07) is 25.8. The molecule has 32 heavy (non-hydrogen) atoms. The molecule has 3 aromatic carbocycles.